The molecule has 0 radical (unpaired) electrons. The maximum absolute atomic E-state index is 5.64. The largest absolute Gasteiger partial charge is 0.486 e. The number of fused-ring (bicyclic) bond motifs is 1. The zero-order valence-corrected chi connectivity index (χ0v) is 12.5. The number of nitrogens with one attached hydrogen (secondary N) is 1. The van der Waals surface area contributed by atoms with Gasteiger partial charge in [-0.2, -0.15) is 0 Å². The molecule has 2 unspecified atom stereocenters. The third kappa shape index (κ3) is 3.39. The van der Waals surface area contributed by atoms with Crippen LogP contribution in [0.5, 0.6) is 11.5 Å². The Kier molecular flexibility index (Phi) is 4.15. The Labute approximate surface area is 125 Å². The summed E-state index contributed by atoms with van der Waals surface area (Å²) in [6.45, 7) is 5.56. The summed E-state index contributed by atoms with van der Waals surface area (Å²) in [5.41, 5.74) is 1.20. The third-order valence-electron chi connectivity index (χ3n) is 3.69. The van der Waals surface area contributed by atoms with Crippen molar-refractivity contribution < 1.29 is 13.9 Å². The lowest BCUT2D eigenvalue weighted by atomic mass is 10.1. The minimum Gasteiger partial charge on any atom is -0.486 e. The van der Waals surface area contributed by atoms with Crippen LogP contribution in [0.15, 0.2) is 41.0 Å². The molecule has 1 aliphatic heterocycles. The van der Waals surface area contributed by atoms with Gasteiger partial charge < -0.3 is 19.2 Å². The van der Waals surface area contributed by atoms with Crippen molar-refractivity contribution in [3.05, 3.63) is 47.9 Å². The molecule has 1 N–H and O–H groups in total. The molecule has 1 aromatic heterocycles. The lowest BCUT2D eigenvalue weighted by Gasteiger charge is -2.23. The minimum atomic E-state index is 0.241. The van der Waals surface area contributed by atoms with Crippen LogP contribution in [0.2, 0.25) is 0 Å². The van der Waals surface area contributed by atoms with Gasteiger partial charge in [-0.05, 0) is 43.7 Å². The summed E-state index contributed by atoms with van der Waals surface area (Å²) in [5.74, 6) is 2.68. The van der Waals surface area contributed by atoms with Gasteiger partial charge in [0, 0.05) is 18.5 Å². The number of hydrogen-bond donors (Lipinski definition) is 1. The van der Waals surface area contributed by atoms with E-state index >= 15 is 0 Å². The molecule has 2 atom stereocenters. The molecule has 3 rings (SSSR count). The molecule has 1 aliphatic rings. The third-order valence-corrected chi connectivity index (χ3v) is 3.69. The first kappa shape index (κ1) is 14.0. The van der Waals surface area contributed by atoms with Crippen molar-refractivity contribution in [2.45, 2.75) is 32.4 Å². The Hall–Kier alpha value is -1.94. The van der Waals surface area contributed by atoms with Gasteiger partial charge in [-0.3, -0.25) is 0 Å². The van der Waals surface area contributed by atoms with Crippen molar-refractivity contribution in [3.8, 4) is 11.5 Å². The van der Waals surface area contributed by atoms with Gasteiger partial charge in [0.15, 0.2) is 11.5 Å². The Balaban J connectivity index is 1.63. The highest BCUT2D eigenvalue weighted by Gasteiger charge is 2.16. The topological polar surface area (TPSA) is 43.6 Å². The molecule has 112 valence electrons. The summed E-state index contributed by atoms with van der Waals surface area (Å²) in [5, 5.41) is 3.58. The summed E-state index contributed by atoms with van der Waals surface area (Å²) in [6.07, 6.45) is 2.59. The van der Waals surface area contributed by atoms with Gasteiger partial charge >= 0.3 is 0 Å². The zero-order valence-electron chi connectivity index (χ0n) is 12.5. The van der Waals surface area contributed by atoms with E-state index in [4.69, 9.17) is 13.9 Å². The fourth-order valence-corrected chi connectivity index (χ4v) is 2.64. The molecule has 21 heavy (non-hydrogen) atoms. The summed E-state index contributed by atoms with van der Waals surface area (Å²) in [4.78, 5) is 0. The van der Waals surface area contributed by atoms with Gasteiger partial charge in [-0.15, -0.1) is 0 Å². The summed E-state index contributed by atoms with van der Waals surface area (Å²) in [6, 6.07) is 10.6. The first-order valence-corrected chi connectivity index (χ1v) is 7.40. The maximum Gasteiger partial charge on any atom is 0.161 e. The molecule has 0 fully saturated rings. The first-order valence-electron chi connectivity index (χ1n) is 7.40. The molecular formula is C17H21NO3. The van der Waals surface area contributed by atoms with Crippen molar-refractivity contribution in [1.29, 1.82) is 0 Å². The van der Waals surface area contributed by atoms with Crippen LogP contribution in [0.25, 0.3) is 0 Å². The second-order valence-electron chi connectivity index (χ2n) is 5.48. The molecule has 4 heteroatoms. The molecule has 0 aliphatic carbocycles. The Morgan fingerprint density at radius 2 is 1.90 bits per heavy atom. The van der Waals surface area contributed by atoms with Crippen LogP contribution in [0, 0.1) is 0 Å². The lowest BCUT2D eigenvalue weighted by molar-refractivity contribution is 0.171. The van der Waals surface area contributed by atoms with Crippen LogP contribution in [-0.2, 0) is 6.42 Å². The second-order valence-corrected chi connectivity index (χ2v) is 5.48. The van der Waals surface area contributed by atoms with Crippen molar-refractivity contribution in [2.24, 2.45) is 0 Å². The monoisotopic (exact) mass is 287 g/mol. The molecule has 0 bridgehead atoms. The number of hydrogen-bond acceptors (Lipinski definition) is 4. The molecule has 2 aromatic rings. The second kappa shape index (κ2) is 6.22. The van der Waals surface area contributed by atoms with Crippen molar-refractivity contribution in [2.75, 3.05) is 13.2 Å². The van der Waals surface area contributed by atoms with Gasteiger partial charge in [0.2, 0.25) is 0 Å². The Morgan fingerprint density at radius 1 is 1.10 bits per heavy atom. The molecular weight excluding hydrogens is 266 g/mol. The average molecular weight is 287 g/mol. The highest BCUT2D eigenvalue weighted by Crippen LogP contribution is 2.32. The van der Waals surface area contributed by atoms with Gasteiger partial charge in [0.1, 0.15) is 19.0 Å². The minimum absolute atomic E-state index is 0.241. The van der Waals surface area contributed by atoms with Crippen LogP contribution in [-0.4, -0.2) is 19.3 Å². The Bertz CT molecular complexity index is 580. The van der Waals surface area contributed by atoms with Crippen LogP contribution in [0.1, 0.15) is 31.2 Å². The predicted octanol–water partition coefficient (Wildman–Crippen LogP) is 3.33. The SMILES string of the molecule is CC(Cc1ccco1)NC(C)c1ccc2c(c1)OCCO2. The summed E-state index contributed by atoms with van der Waals surface area (Å²) < 4.78 is 16.6. The molecule has 0 saturated heterocycles. The standard InChI is InChI=1S/C17H21NO3/c1-12(10-15-4-3-7-19-15)18-13(2)14-5-6-16-17(11-14)21-9-8-20-16/h3-7,11-13,18H,8-10H2,1-2H3. The molecule has 1 aromatic carbocycles. The fourth-order valence-electron chi connectivity index (χ4n) is 2.64. The van der Waals surface area contributed by atoms with Crippen molar-refractivity contribution >= 4 is 0 Å². The molecule has 2 heterocycles. The van der Waals surface area contributed by atoms with Gasteiger partial charge in [-0.1, -0.05) is 6.07 Å². The molecule has 4 nitrogen and oxygen atoms in total. The zero-order chi connectivity index (χ0) is 14.7. The van der Waals surface area contributed by atoms with E-state index in [9.17, 15) is 0 Å². The lowest BCUT2D eigenvalue weighted by Crippen LogP contribution is -2.30. The fraction of sp³-hybridized carbons (Fsp3) is 0.412. The average Bonchev–Trinajstić information content (AvgIpc) is 2.99. The van der Waals surface area contributed by atoms with Crippen LogP contribution >= 0.6 is 0 Å². The smallest absolute Gasteiger partial charge is 0.161 e. The van der Waals surface area contributed by atoms with E-state index in [0.29, 0.717) is 19.3 Å². The van der Waals surface area contributed by atoms with E-state index in [-0.39, 0.29) is 6.04 Å². The van der Waals surface area contributed by atoms with Crippen molar-refractivity contribution in [3.63, 3.8) is 0 Å². The van der Waals surface area contributed by atoms with E-state index in [2.05, 4.69) is 31.3 Å². The first-order chi connectivity index (χ1) is 10.2. The van der Waals surface area contributed by atoms with E-state index < -0.39 is 0 Å². The Morgan fingerprint density at radius 3 is 2.67 bits per heavy atom. The number of ether oxygens (including phenoxy) is 2. The maximum atomic E-state index is 5.64. The van der Waals surface area contributed by atoms with Gasteiger partial charge in [0.25, 0.3) is 0 Å². The van der Waals surface area contributed by atoms with Crippen LogP contribution in [0.3, 0.4) is 0 Å². The van der Waals surface area contributed by atoms with E-state index in [0.717, 1.165) is 23.7 Å². The quantitative estimate of drug-likeness (QED) is 0.916. The summed E-state index contributed by atoms with van der Waals surface area (Å²) in [7, 11) is 0. The molecule has 0 saturated carbocycles. The van der Waals surface area contributed by atoms with E-state index in [1.165, 1.54) is 5.56 Å². The van der Waals surface area contributed by atoms with E-state index in [1.807, 2.05) is 18.2 Å². The predicted molar refractivity (Wildman–Crippen MR) is 80.9 cm³/mol. The highest BCUT2D eigenvalue weighted by molar-refractivity contribution is 5.44. The van der Waals surface area contributed by atoms with Gasteiger partial charge in [-0.25, -0.2) is 0 Å². The van der Waals surface area contributed by atoms with Gasteiger partial charge in [0.05, 0.1) is 6.26 Å². The summed E-state index contributed by atoms with van der Waals surface area (Å²) >= 11 is 0. The molecule has 0 spiro atoms. The van der Waals surface area contributed by atoms with Crippen LogP contribution in [0.4, 0.5) is 0 Å². The van der Waals surface area contributed by atoms with E-state index in [1.54, 1.807) is 6.26 Å². The number of furan rings is 1. The molecule has 0 amide bonds. The number of rotatable bonds is 5. The highest BCUT2D eigenvalue weighted by atomic mass is 16.6. The normalized spacial score (nSPS) is 16.5. The van der Waals surface area contributed by atoms with Crippen molar-refractivity contribution in [1.82, 2.24) is 5.32 Å². The van der Waals surface area contributed by atoms with Crippen LogP contribution < -0.4 is 14.8 Å². The number of benzene rings is 1.